The fraction of sp³-hybridized carbons (Fsp3) is 0. The van der Waals surface area contributed by atoms with E-state index < -0.39 is 1.13 Å². The summed E-state index contributed by atoms with van der Waals surface area (Å²) in [7, 11) is 0. The van der Waals surface area contributed by atoms with Crippen molar-refractivity contribution in [2.75, 3.05) is 0 Å². The molecular formula is C6H4I6Si2. The number of hydrogen-bond acceptors (Lipinski definition) is 0. The van der Waals surface area contributed by atoms with Gasteiger partial charge in [0.25, 0.3) is 1.13 Å². The summed E-state index contributed by atoms with van der Waals surface area (Å²) in [6, 6.07) is 9.16. The molecule has 78 valence electrons. The quantitative estimate of drug-likeness (QED) is 0.232. The van der Waals surface area contributed by atoms with E-state index in [1.54, 1.807) is 10.4 Å². The van der Waals surface area contributed by atoms with Crippen molar-refractivity contribution in [3.8, 4) is 0 Å². The predicted octanol–water partition coefficient (Wildman–Crippen LogP) is 4.59. The lowest BCUT2D eigenvalue weighted by atomic mass is 10.4. The maximum Gasteiger partial charge on any atom is 0.283 e. The smallest absolute Gasteiger partial charge is 0.0854 e. The van der Waals surface area contributed by atoms with Crippen molar-refractivity contribution in [1.29, 1.82) is 0 Å². The van der Waals surface area contributed by atoms with Crippen molar-refractivity contribution in [2.45, 2.75) is 0 Å². The molecule has 0 radical (unpaired) electrons. The molecule has 0 unspecified atom stereocenters. The first-order chi connectivity index (χ1) is 6.21. The highest BCUT2D eigenvalue weighted by Crippen LogP contribution is 2.31. The Balaban J connectivity index is 3.15. The maximum atomic E-state index is 2.61. The Morgan fingerprint density at radius 1 is 0.714 bits per heavy atom. The summed E-state index contributed by atoms with van der Waals surface area (Å²) in [5.41, 5.74) is 0. The van der Waals surface area contributed by atoms with Crippen molar-refractivity contribution < 1.29 is 0 Å². The summed E-state index contributed by atoms with van der Waals surface area (Å²) >= 11 is 15.6. The average Bonchev–Trinajstić information content (AvgIpc) is 2.01. The normalized spacial score (nSPS) is 13.0. The molecule has 0 aliphatic heterocycles. The first-order valence-corrected chi connectivity index (χ1v) is 26.1. The Morgan fingerprint density at radius 2 is 1.07 bits per heavy atom. The topological polar surface area (TPSA) is 0 Å². The third-order valence-corrected chi connectivity index (χ3v) is 14.7. The average molecular weight is 894 g/mol. The molecule has 1 aromatic carbocycles. The van der Waals surface area contributed by atoms with Crippen molar-refractivity contribution >= 4 is 142 Å². The minimum atomic E-state index is -1.22. The Hall–Kier alpha value is 4.03. The lowest BCUT2D eigenvalue weighted by molar-refractivity contribution is 1.84. The van der Waals surface area contributed by atoms with E-state index in [9.17, 15) is 0 Å². The summed E-state index contributed by atoms with van der Waals surface area (Å²) in [6.45, 7) is 0. The summed E-state index contributed by atoms with van der Waals surface area (Å²) in [5.74, 6) is 0. The van der Waals surface area contributed by atoms with E-state index >= 15 is 0 Å². The standard InChI is InChI=1S/C6H4I6Si2/c7-13(8,9)5-2-1-3-6(4-5)14(10,11)12/h1-4H. The molecule has 14 heavy (non-hydrogen) atoms. The van der Waals surface area contributed by atoms with Gasteiger partial charge >= 0.3 is 0 Å². The van der Waals surface area contributed by atoms with Crippen LogP contribution in [-0.4, -0.2) is 1.13 Å². The van der Waals surface area contributed by atoms with E-state index in [0.717, 1.165) is 0 Å². The van der Waals surface area contributed by atoms with Crippen LogP contribution in [0.1, 0.15) is 0 Å². The van der Waals surface area contributed by atoms with Crippen LogP contribution in [0.25, 0.3) is 0 Å². The van der Waals surface area contributed by atoms with Crippen molar-refractivity contribution in [3.63, 3.8) is 0 Å². The number of hydrogen-bond donors (Lipinski definition) is 0. The zero-order chi connectivity index (χ0) is 11.0. The van der Waals surface area contributed by atoms with E-state index in [0.29, 0.717) is 0 Å². The first kappa shape index (κ1) is 16.1. The van der Waals surface area contributed by atoms with Gasteiger partial charge in [-0.25, -0.2) is 0 Å². The van der Waals surface area contributed by atoms with Gasteiger partial charge in [-0.05, 0) is 10.4 Å². The molecule has 0 bridgehead atoms. The molecule has 1 aromatic rings. The van der Waals surface area contributed by atoms with Gasteiger partial charge in [-0.2, -0.15) is 0 Å². The van der Waals surface area contributed by atoms with Crippen LogP contribution in [0.5, 0.6) is 0 Å². The number of halogens is 6. The second-order valence-electron chi connectivity index (χ2n) is 2.58. The Labute approximate surface area is 162 Å². The predicted molar refractivity (Wildman–Crippen MR) is 121 cm³/mol. The Bertz CT molecular complexity index is 299. The minimum absolute atomic E-state index is 1.22. The zero-order valence-corrected chi connectivity index (χ0v) is 21.5. The third-order valence-electron chi connectivity index (χ3n) is 1.52. The molecule has 0 spiro atoms. The van der Waals surface area contributed by atoms with Crippen molar-refractivity contribution in [2.24, 2.45) is 0 Å². The van der Waals surface area contributed by atoms with E-state index in [2.05, 4.69) is 155 Å². The van der Waals surface area contributed by atoms with Gasteiger partial charge in [0.2, 0.25) is 0 Å². The maximum absolute atomic E-state index is 2.61. The molecule has 0 saturated heterocycles. The van der Waals surface area contributed by atoms with E-state index in [1.807, 2.05) is 0 Å². The zero-order valence-electron chi connectivity index (χ0n) is 6.58. The second-order valence-corrected chi connectivity index (χ2v) is 72.0. The van der Waals surface area contributed by atoms with Gasteiger partial charge in [0.05, 0.1) is 0 Å². The molecule has 0 aromatic heterocycles. The molecule has 0 atom stereocenters. The van der Waals surface area contributed by atoms with Gasteiger partial charge in [0.15, 0.2) is 0 Å². The third kappa shape index (κ3) is 5.35. The van der Waals surface area contributed by atoms with Gasteiger partial charge < -0.3 is 0 Å². The van der Waals surface area contributed by atoms with Crippen LogP contribution in [-0.2, 0) is 0 Å². The van der Waals surface area contributed by atoms with Gasteiger partial charge in [0.1, 0.15) is 0 Å². The van der Waals surface area contributed by atoms with E-state index in [4.69, 9.17) is 0 Å². The molecular weight excluding hydrogens is 890 g/mol. The lowest BCUT2D eigenvalue weighted by Crippen LogP contribution is -2.36. The Kier molecular flexibility index (Phi) is 7.43. The fourth-order valence-corrected chi connectivity index (χ4v) is 8.26. The molecule has 0 N–H and O–H groups in total. The van der Waals surface area contributed by atoms with Gasteiger partial charge in [-0.15, -0.1) is 0 Å². The van der Waals surface area contributed by atoms with Crippen LogP contribution in [0.4, 0.5) is 0 Å². The van der Waals surface area contributed by atoms with Crippen molar-refractivity contribution in [3.05, 3.63) is 24.3 Å². The molecule has 0 nitrogen and oxygen atoms in total. The van der Waals surface area contributed by atoms with E-state index in [1.165, 1.54) is 0 Å². The molecule has 0 heterocycles. The van der Waals surface area contributed by atoms with Gasteiger partial charge in [-0.3, -0.25) is 0 Å². The molecule has 0 saturated carbocycles. The lowest BCUT2D eigenvalue weighted by Gasteiger charge is -2.15. The van der Waals surface area contributed by atoms with Crippen LogP contribution >= 0.6 is 131 Å². The fourth-order valence-electron chi connectivity index (χ4n) is 0.872. The molecule has 0 aliphatic rings. The summed E-state index contributed by atoms with van der Waals surface area (Å²) in [6.07, 6.45) is 0. The molecule has 0 aliphatic carbocycles. The molecule has 1 rings (SSSR count). The van der Waals surface area contributed by atoms with Gasteiger partial charge in [0, 0.05) is 0 Å². The van der Waals surface area contributed by atoms with Gasteiger partial charge in [-0.1, -0.05) is 155 Å². The monoisotopic (exact) mass is 893 g/mol. The minimum Gasteiger partial charge on any atom is -0.0854 e. The van der Waals surface area contributed by atoms with Crippen LogP contribution in [0.15, 0.2) is 24.3 Å². The molecule has 0 amide bonds. The van der Waals surface area contributed by atoms with Crippen LogP contribution in [0, 0.1) is 0 Å². The number of benzene rings is 1. The Morgan fingerprint density at radius 3 is 1.36 bits per heavy atom. The largest absolute Gasteiger partial charge is 0.283 e. The highest BCUT2D eigenvalue weighted by molar-refractivity contribution is 14.4. The summed E-state index contributed by atoms with van der Waals surface area (Å²) in [4.78, 5) is 0. The van der Waals surface area contributed by atoms with Crippen LogP contribution in [0.3, 0.4) is 0 Å². The SMILES string of the molecule is I[Si](I)(I)c1cccc([Si](I)(I)I)c1. The van der Waals surface area contributed by atoms with Crippen LogP contribution in [0.2, 0.25) is 0 Å². The highest BCUT2D eigenvalue weighted by atomic mass is 127. The summed E-state index contributed by atoms with van der Waals surface area (Å²) in [5, 5.41) is 3.08. The van der Waals surface area contributed by atoms with Crippen LogP contribution < -0.4 is 10.4 Å². The second kappa shape index (κ2) is 6.46. The highest BCUT2D eigenvalue weighted by Gasteiger charge is 2.29. The summed E-state index contributed by atoms with van der Waals surface area (Å²) < 4.78 is -2.44. The van der Waals surface area contributed by atoms with Crippen molar-refractivity contribution in [1.82, 2.24) is 0 Å². The molecule has 8 heteroatoms. The van der Waals surface area contributed by atoms with E-state index in [-0.39, 0.29) is 0 Å². The number of rotatable bonds is 2. The molecule has 0 fully saturated rings. The first-order valence-electron chi connectivity index (χ1n) is 3.46.